The van der Waals surface area contributed by atoms with Gasteiger partial charge in [0.05, 0.1) is 0 Å². The zero-order valence-electron chi connectivity index (χ0n) is 6.86. The van der Waals surface area contributed by atoms with Crippen LogP contribution in [0.3, 0.4) is 0 Å². The largest absolute Gasteiger partial charge is 0.253 e. The van der Waals surface area contributed by atoms with Crippen molar-refractivity contribution in [3.63, 3.8) is 0 Å². The molecule has 0 amide bonds. The van der Waals surface area contributed by atoms with Gasteiger partial charge in [0, 0.05) is 6.20 Å². The monoisotopic (exact) mass is 303 g/mol. The van der Waals surface area contributed by atoms with E-state index in [1.54, 1.807) is 6.20 Å². The lowest BCUT2D eigenvalue weighted by Gasteiger charge is -1.94. The Bertz CT molecular complexity index is 427. The molecule has 0 fully saturated rings. The highest BCUT2D eigenvalue weighted by Crippen LogP contribution is 2.17. The van der Waals surface area contributed by atoms with Crippen LogP contribution in [0.25, 0.3) is 11.5 Å². The molecule has 0 aliphatic carbocycles. The fourth-order valence-corrected chi connectivity index (χ4v) is 1.91. The van der Waals surface area contributed by atoms with Crippen LogP contribution in [-0.4, -0.2) is 14.3 Å². The third kappa shape index (κ3) is 2.02. The van der Waals surface area contributed by atoms with Crippen molar-refractivity contribution >= 4 is 34.1 Å². The highest BCUT2D eigenvalue weighted by molar-refractivity contribution is 14.1. The van der Waals surface area contributed by atoms with Gasteiger partial charge in [-0.1, -0.05) is 0 Å². The molecule has 2 heterocycles. The quantitative estimate of drug-likeness (QED) is 0.760. The van der Waals surface area contributed by atoms with Gasteiger partial charge in [-0.15, -0.1) is 0 Å². The zero-order chi connectivity index (χ0) is 9.26. The van der Waals surface area contributed by atoms with Crippen molar-refractivity contribution in [3.8, 4) is 11.5 Å². The number of aromatic nitrogens is 3. The minimum absolute atomic E-state index is 0.720. The molecular weight excluding hydrogens is 297 g/mol. The van der Waals surface area contributed by atoms with E-state index >= 15 is 0 Å². The molecule has 13 heavy (non-hydrogen) atoms. The van der Waals surface area contributed by atoms with Crippen molar-refractivity contribution in [2.45, 2.75) is 6.92 Å². The van der Waals surface area contributed by atoms with Crippen LogP contribution in [-0.2, 0) is 0 Å². The van der Waals surface area contributed by atoms with E-state index in [0.717, 1.165) is 14.5 Å². The Morgan fingerprint density at radius 1 is 1.46 bits per heavy atom. The highest BCUT2D eigenvalue weighted by Gasteiger charge is 2.05. The maximum atomic E-state index is 4.25. The van der Waals surface area contributed by atoms with E-state index < -0.39 is 0 Å². The molecule has 0 saturated carbocycles. The average Bonchev–Trinajstić information content (AvgIpc) is 2.52. The van der Waals surface area contributed by atoms with Crippen molar-refractivity contribution in [1.82, 2.24) is 14.3 Å². The minimum Gasteiger partial charge on any atom is -0.253 e. The summed E-state index contributed by atoms with van der Waals surface area (Å²) in [5, 5.41) is 0. The Hall–Kier alpha value is -0.560. The second-order valence-corrected chi connectivity index (χ2v) is 5.10. The van der Waals surface area contributed by atoms with E-state index in [4.69, 9.17) is 0 Å². The highest BCUT2D eigenvalue weighted by atomic mass is 127. The number of nitrogens with zero attached hydrogens (tertiary/aromatic N) is 3. The predicted octanol–water partition coefficient (Wildman–Crippen LogP) is 2.51. The van der Waals surface area contributed by atoms with E-state index in [-0.39, 0.29) is 0 Å². The van der Waals surface area contributed by atoms with Gasteiger partial charge in [-0.05, 0) is 58.7 Å². The normalized spacial score (nSPS) is 10.3. The first-order valence-corrected chi connectivity index (χ1v) is 5.53. The Kier molecular flexibility index (Phi) is 2.54. The SMILES string of the molecule is Cc1ccnc(-c2nsc(I)n2)c1. The van der Waals surface area contributed by atoms with Gasteiger partial charge in [0.1, 0.15) is 5.69 Å². The first-order valence-electron chi connectivity index (χ1n) is 3.68. The maximum Gasteiger partial charge on any atom is 0.192 e. The third-order valence-electron chi connectivity index (χ3n) is 1.55. The van der Waals surface area contributed by atoms with Crippen LogP contribution in [0.5, 0.6) is 0 Å². The molecule has 0 aliphatic rings. The Labute approximate surface area is 93.6 Å². The van der Waals surface area contributed by atoms with E-state index in [9.17, 15) is 0 Å². The van der Waals surface area contributed by atoms with Crippen molar-refractivity contribution < 1.29 is 0 Å². The number of hydrogen-bond acceptors (Lipinski definition) is 4. The molecule has 0 aliphatic heterocycles. The van der Waals surface area contributed by atoms with Crippen LogP contribution in [0.4, 0.5) is 0 Å². The van der Waals surface area contributed by atoms with E-state index in [1.807, 2.05) is 19.1 Å². The molecule has 0 saturated heterocycles. The summed E-state index contributed by atoms with van der Waals surface area (Å²) < 4.78 is 5.13. The summed E-state index contributed by atoms with van der Waals surface area (Å²) in [5.74, 6) is 0.720. The molecule has 2 rings (SSSR count). The van der Waals surface area contributed by atoms with Gasteiger partial charge in [-0.25, -0.2) is 4.98 Å². The molecule has 0 radical (unpaired) electrons. The van der Waals surface area contributed by atoms with Crippen LogP contribution >= 0.6 is 34.1 Å². The molecule has 5 heteroatoms. The van der Waals surface area contributed by atoms with Crippen molar-refractivity contribution in [2.24, 2.45) is 0 Å². The van der Waals surface area contributed by atoms with Crippen LogP contribution < -0.4 is 0 Å². The smallest absolute Gasteiger partial charge is 0.192 e. The number of aryl methyl sites for hydroxylation is 1. The fraction of sp³-hybridized carbons (Fsp3) is 0.125. The van der Waals surface area contributed by atoms with Gasteiger partial charge in [-0.2, -0.15) is 4.37 Å². The molecule has 2 aromatic heterocycles. The van der Waals surface area contributed by atoms with Crippen LogP contribution in [0.2, 0.25) is 0 Å². The molecule has 0 aromatic carbocycles. The summed E-state index contributed by atoms with van der Waals surface area (Å²) in [6.07, 6.45) is 1.78. The molecule has 0 atom stereocenters. The summed E-state index contributed by atoms with van der Waals surface area (Å²) in [4.78, 5) is 8.46. The predicted molar refractivity (Wildman–Crippen MR) is 60.6 cm³/mol. The molecule has 0 unspecified atom stereocenters. The van der Waals surface area contributed by atoms with Crippen molar-refractivity contribution in [2.75, 3.05) is 0 Å². The summed E-state index contributed by atoms with van der Waals surface area (Å²) in [7, 11) is 0. The Balaban J connectivity index is 2.46. The molecule has 0 N–H and O–H groups in total. The van der Waals surface area contributed by atoms with E-state index in [2.05, 4.69) is 36.9 Å². The summed E-state index contributed by atoms with van der Waals surface area (Å²) in [6, 6.07) is 3.94. The number of hydrogen-bond donors (Lipinski definition) is 0. The third-order valence-corrected chi connectivity index (χ3v) is 2.88. The van der Waals surface area contributed by atoms with E-state index in [0.29, 0.717) is 0 Å². The summed E-state index contributed by atoms with van der Waals surface area (Å²) in [5.41, 5.74) is 2.02. The van der Waals surface area contributed by atoms with Gasteiger partial charge < -0.3 is 0 Å². The standard InChI is InChI=1S/C8H6IN3S/c1-5-2-3-10-6(4-5)7-11-8(9)13-12-7/h2-4H,1H3. The van der Waals surface area contributed by atoms with Gasteiger partial charge >= 0.3 is 0 Å². The second-order valence-electron chi connectivity index (χ2n) is 2.59. The molecule has 3 nitrogen and oxygen atoms in total. The molecule has 66 valence electrons. The van der Waals surface area contributed by atoms with Gasteiger partial charge in [0.2, 0.25) is 0 Å². The minimum atomic E-state index is 0.720. The van der Waals surface area contributed by atoms with Crippen molar-refractivity contribution in [3.05, 3.63) is 26.9 Å². The summed E-state index contributed by atoms with van der Waals surface area (Å²) in [6.45, 7) is 2.03. The lowest BCUT2D eigenvalue weighted by Crippen LogP contribution is -1.85. The molecular formula is C8H6IN3S. The fourth-order valence-electron chi connectivity index (χ4n) is 0.967. The van der Waals surface area contributed by atoms with E-state index in [1.165, 1.54) is 17.1 Å². The molecule has 0 spiro atoms. The van der Waals surface area contributed by atoms with Gasteiger partial charge in [0.15, 0.2) is 8.84 Å². The summed E-state index contributed by atoms with van der Waals surface area (Å²) >= 11 is 3.54. The maximum absolute atomic E-state index is 4.25. The Morgan fingerprint density at radius 2 is 2.31 bits per heavy atom. The van der Waals surface area contributed by atoms with Crippen LogP contribution in [0, 0.1) is 9.94 Å². The Morgan fingerprint density at radius 3 is 2.92 bits per heavy atom. The number of halogens is 1. The van der Waals surface area contributed by atoms with Crippen molar-refractivity contribution in [1.29, 1.82) is 0 Å². The topological polar surface area (TPSA) is 38.7 Å². The van der Waals surface area contributed by atoms with Crippen LogP contribution in [0.1, 0.15) is 5.56 Å². The molecule has 2 aromatic rings. The first-order chi connectivity index (χ1) is 6.25. The first kappa shape index (κ1) is 9.01. The number of rotatable bonds is 1. The van der Waals surface area contributed by atoms with Crippen LogP contribution in [0.15, 0.2) is 18.3 Å². The van der Waals surface area contributed by atoms with Gasteiger partial charge in [-0.3, -0.25) is 4.98 Å². The lowest BCUT2D eigenvalue weighted by molar-refractivity contribution is 1.21. The molecule has 0 bridgehead atoms. The zero-order valence-corrected chi connectivity index (χ0v) is 9.83. The average molecular weight is 303 g/mol. The number of pyridine rings is 1. The lowest BCUT2D eigenvalue weighted by atomic mass is 10.2. The van der Waals surface area contributed by atoms with Gasteiger partial charge in [0.25, 0.3) is 0 Å². The second kappa shape index (κ2) is 3.67.